The lowest BCUT2D eigenvalue weighted by atomic mass is 10.2. The van der Waals surface area contributed by atoms with Crippen molar-refractivity contribution in [1.82, 2.24) is 14.5 Å². The molecule has 0 spiro atoms. The molecule has 0 amide bonds. The van der Waals surface area contributed by atoms with Crippen LogP contribution in [0.25, 0.3) is 21.6 Å². The summed E-state index contributed by atoms with van der Waals surface area (Å²) in [5.41, 5.74) is 3.34. The number of nitro benzene ring substituents is 1. The highest BCUT2D eigenvalue weighted by Crippen LogP contribution is 2.27. The lowest BCUT2D eigenvalue weighted by Gasteiger charge is -2.03. The van der Waals surface area contributed by atoms with Crippen molar-refractivity contribution in [1.29, 1.82) is 5.26 Å². The van der Waals surface area contributed by atoms with E-state index in [1.54, 1.807) is 12.1 Å². The van der Waals surface area contributed by atoms with Gasteiger partial charge < -0.3 is 4.57 Å². The lowest BCUT2D eigenvalue weighted by molar-refractivity contribution is -0.384. The molecule has 0 saturated heterocycles. The summed E-state index contributed by atoms with van der Waals surface area (Å²) in [5.74, 6) is 0.344. The van der Waals surface area contributed by atoms with Crippen LogP contribution < -0.4 is 0 Å². The number of aromatic nitrogens is 3. The van der Waals surface area contributed by atoms with E-state index in [1.807, 2.05) is 34.2 Å². The summed E-state index contributed by atoms with van der Waals surface area (Å²) in [4.78, 5) is 19.3. The molecule has 4 rings (SSSR count). The van der Waals surface area contributed by atoms with Gasteiger partial charge in [0.1, 0.15) is 11.1 Å². The smallest absolute Gasteiger partial charge is 0.269 e. The van der Waals surface area contributed by atoms with Gasteiger partial charge in [-0.3, -0.25) is 10.1 Å². The number of thiazole rings is 1. The van der Waals surface area contributed by atoms with Gasteiger partial charge >= 0.3 is 0 Å². The molecule has 2 aromatic heterocycles. The largest absolute Gasteiger partial charge is 0.309 e. The Kier molecular flexibility index (Phi) is 3.91. The van der Waals surface area contributed by atoms with E-state index in [1.165, 1.54) is 23.5 Å². The highest BCUT2D eigenvalue weighted by Gasteiger charge is 2.13. The lowest BCUT2D eigenvalue weighted by Crippen LogP contribution is -2.03. The molecule has 0 bridgehead atoms. The Labute approximate surface area is 152 Å². The fourth-order valence-electron chi connectivity index (χ4n) is 2.72. The highest BCUT2D eigenvalue weighted by atomic mass is 32.1. The molecular formula is C18H11N5O2S. The van der Waals surface area contributed by atoms with Crippen molar-refractivity contribution in [2.45, 2.75) is 6.54 Å². The third-order valence-corrected chi connectivity index (χ3v) is 4.89. The quantitative estimate of drug-likeness (QED) is 0.404. The monoisotopic (exact) mass is 361 g/mol. The van der Waals surface area contributed by atoms with Crippen molar-refractivity contribution in [3.63, 3.8) is 0 Å². The van der Waals surface area contributed by atoms with Crippen LogP contribution in [0.3, 0.4) is 0 Å². The summed E-state index contributed by atoms with van der Waals surface area (Å²) in [6.45, 7) is 0.437. The molecule has 7 nitrogen and oxygen atoms in total. The first kappa shape index (κ1) is 15.9. The number of rotatable bonds is 4. The number of hydrogen-bond acceptors (Lipinski definition) is 6. The van der Waals surface area contributed by atoms with E-state index >= 15 is 0 Å². The number of benzene rings is 2. The summed E-state index contributed by atoms with van der Waals surface area (Å²) in [6.07, 6.45) is 0. The number of hydrogen-bond donors (Lipinski definition) is 0. The number of imidazole rings is 1. The zero-order valence-electron chi connectivity index (χ0n) is 13.4. The number of para-hydroxylation sites is 2. The van der Waals surface area contributed by atoms with Crippen LogP contribution in [0.2, 0.25) is 0 Å². The van der Waals surface area contributed by atoms with Crippen LogP contribution in [0.1, 0.15) is 11.5 Å². The molecule has 126 valence electrons. The number of non-ortho nitro benzene ring substituents is 1. The molecule has 26 heavy (non-hydrogen) atoms. The van der Waals surface area contributed by atoms with Crippen LogP contribution in [0.5, 0.6) is 0 Å². The van der Waals surface area contributed by atoms with Crippen molar-refractivity contribution in [2.75, 3.05) is 0 Å². The second-order valence-corrected chi connectivity index (χ2v) is 6.43. The Balaban J connectivity index is 1.65. The fourth-order valence-corrected chi connectivity index (χ4v) is 3.54. The van der Waals surface area contributed by atoms with E-state index < -0.39 is 4.92 Å². The van der Waals surface area contributed by atoms with Gasteiger partial charge in [-0.15, -0.1) is 11.3 Å². The molecule has 2 heterocycles. The van der Waals surface area contributed by atoms with Crippen molar-refractivity contribution >= 4 is 28.1 Å². The van der Waals surface area contributed by atoms with Crippen LogP contribution in [-0.2, 0) is 6.54 Å². The van der Waals surface area contributed by atoms with Gasteiger partial charge in [-0.05, 0) is 24.3 Å². The number of nitrogens with zero attached hydrogens (tertiary/aromatic N) is 5. The first-order valence-electron chi connectivity index (χ1n) is 7.70. The van der Waals surface area contributed by atoms with Crippen molar-refractivity contribution in [3.05, 3.63) is 75.5 Å². The standard InChI is InChI=1S/C18H11N5O2S/c19-9-17-21-15-3-1-2-4-16(15)22(17)10-13-11-26-18(20-13)12-5-7-14(8-6-12)23(24)25/h1-8,11H,10H2. The van der Waals surface area contributed by atoms with Crippen LogP contribution >= 0.6 is 11.3 Å². The van der Waals surface area contributed by atoms with E-state index in [2.05, 4.69) is 16.0 Å². The molecule has 0 aliphatic heterocycles. The molecular weight excluding hydrogens is 350 g/mol. The van der Waals surface area contributed by atoms with Crippen LogP contribution in [-0.4, -0.2) is 19.5 Å². The van der Waals surface area contributed by atoms with Crippen LogP contribution in [0.4, 0.5) is 5.69 Å². The summed E-state index contributed by atoms with van der Waals surface area (Å²) in [5, 5.41) is 22.8. The number of nitriles is 1. The number of fused-ring (bicyclic) bond motifs is 1. The van der Waals surface area contributed by atoms with Gasteiger partial charge in [0.05, 0.1) is 28.2 Å². The molecule has 0 radical (unpaired) electrons. The van der Waals surface area contributed by atoms with E-state index in [4.69, 9.17) is 0 Å². The molecule has 0 unspecified atom stereocenters. The van der Waals surface area contributed by atoms with Gasteiger partial charge in [-0.2, -0.15) is 5.26 Å². The minimum Gasteiger partial charge on any atom is -0.309 e. The zero-order chi connectivity index (χ0) is 18.1. The zero-order valence-corrected chi connectivity index (χ0v) is 14.2. The second-order valence-electron chi connectivity index (χ2n) is 5.57. The molecule has 0 aliphatic carbocycles. The molecule has 0 fully saturated rings. The van der Waals surface area contributed by atoms with Gasteiger partial charge in [0.15, 0.2) is 0 Å². The Morgan fingerprint density at radius 2 is 1.92 bits per heavy atom. The second kappa shape index (κ2) is 6.38. The molecule has 4 aromatic rings. The Bertz CT molecular complexity index is 1150. The van der Waals surface area contributed by atoms with E-state index in [9.17, 15) is 15.4 Å². The van der Waals surface area contributed by atoms with Gasteiger partial charge in [0.2, 0.25) is 5.82 Å². The van der Waals surface area contributed by atoms with E-state index in [-0.39, 0.29) is 5.69 Å². The summed E-state index contributed by atoms with van der Waals surface area (Å²) >= 11 is 1.46. The van der Waals surface area contributed by atoms with Crippen LogP contribution in [0.15, 0.2) is 53.9 Å². The van der Waals surface area contributed by atoms with Gasteiger partial charge in [0, 0.05) is 23.1 Å². The van der Waals surface area contributed by atoms with Crippen molar-refractivity contribution in [3.8, 4) is 16.6 Å². The van der Waals surface area contributed by atoms with Gasteiger partial charge in [-0.25, -0.2) is 9.97 Å². The van der Waals surface area contributed by atoms with Crippen LogP contribution in [0, 0.1) is 21.4 Å². The third kappa shape index (κ3) is 2.81. The Morgan fingerprint density at radius 1 is 1.15 bits per heavy atom. The van der Waals surface area contributed by atoms with Crippen molar-refractivity contribution in [2.24, 2.45) is 0 Å². The molecule has 2 aromatic carbocycles. The normalized spacial score (nSPS) is 10.7. The third-order valence-electron chi connectivity index (χ3n) is 3.95. The SMILES string of the molecule is N#Cc1nc2ccccc2n1Cc1csc(-c2ccc([N+](=O)[O-])cc2)n1. The average molecular weight is 361 g/mol. The molecule has 0 aliphatic rings. The molecule has 0 atom stereocenters. The maximum absolute atomic E-state index is 10.8. The topological polar surface area (TPSA) is 97.6 Å². The first-order chi connectivity index (χ1) is 12.7. The highest BCUT2D eigenvalue weighted by molar-refractivity contribution is 7.13. The summed E-state index contributed by atoms with van der Waals surface area (Å²) < 4.78 is 1.84. The summed E-state index contributed by atoms with van der Waals surface area (Å²) in [7, 11) is 0. The Hall–Kier alpha value is -3.57. The molecule has 0 N–H and O–H groups in total. The predicted octanol–water partition coefficient (Wildman–Crippen LogP) is 3.99. The minimum atomic E-state index is -0.426. The maximum Gasteiger partial charge on any atom is 0.269 e. The van der Waals surface area contributed by atoms with Gasteiger partial charge in [0.25, 0.3) is 5.69 Å². The average Bonchev–Trinajstić information content (AvgIpc) is 3.27. The Morgan fingerprint density at radius 3 is 2.65 bits per heavy atom. The first-order valence-corrected chi connectivity index (χ1v) is 8.58. The van der Waals surface area contributed by atoms with Gasteiger partial charge in [-0.1, -0.05) is 12.1 Å². The van der Waals surface area contributed by atoms with E-state index in [0.717, 1.165) is 27.3 Å². The maximum atomic E-state index is 10.8. The summed E-state index contributed by atoms with van der Waals surface area (Å²) in [6, 6.07) is 16.0. The number of nitro groups is 1. The fraction of sp³-hybridized carbons (Fsp3) is 0.0556. The van der Waals surface area contributed by atoms with E-state index in [0.29, 0.717) is 12.4 Å². The predicted molar refractivity (Wildman–Crippen MR) is 97.8 cm³/mol. The minimum absolute atomic E-state index is 0.0501. The molecule has 0 saturated carbocycles. The van der Waals surface area contributed by atoms with Crippen molar-refractivity contribution < 1.29 is 4.92 Å². The molecule has 8 heteroatoms.